The maximum atomic E-state index is 5.21. The van der Waals surface area contributed by atoms with E-state index in [1.54, 1.807) is 34.9 Å². The Morgan fingerprint density at radius 1 is 0.371 bits per heavy atom. The van der Waals surface area contributed by atoms with Crippen molar-refractivity contribution in [1.82, 2.24) is 64.5 Å². The van der Waals surface area contributed by atoms with Crippen LogP contribution in [0.2, 0.25) is 0 Å². The molecule has 2 aromatic heterocycles. The molecule has 500 valence electrons. The zero-order valence-corrected chi connectivity index (χ0v) is 59.5. The van der Waals surface area contributed by atoms with Gasteiger partial charge in [-0.1, -0.05) is 48.9 Å². The summed E-state index contributed by atoms with van der Waals surface area (Å²) in [5.74, 6) is 0. The van der Waals surface area contributed by atoms with Crippen LogP contribution in [0, 0.1) is 0 Å². The molecule has 10 heterocycles. The summed E-state index contributed by atoms with van der Waals surface area (Å²) in [6, 6.07) is 22.0. The quantitative estimate of drug-likeness (QED) is 0.181. The number of piperazine rings is 1. The third-order valence-electron chi connectivity index (χ3n) is 19.8. The molecule has 0 spiro atoms. The molecule has 1 N–H and O–H groups in total. The van der Waals surface area contributed by atoms with Gasteiger partial charge in [0.05, 0.1) is 18.9 Å². The molecule has 8 aliphatic heterocycles. The molecule has 1 unspecified atom stereocenters. The molecular formula is C75H129N13O. The number of ether oxygens (including phenoxy) is 1. The van der Waals surface area contributed by atoms with Crippen molar-refractivity contribution < 1.29 is 4.74 Å². The molecule has 14 nitrogen and oxygen atoms in total. The van der Waals surface area contributed by atoms with Gasteiger partial charge < -0.3 is 19.9 Å². The van der Waals surface area contributed by atoms with Gasteiger partial charge in [0.25, 0.3) is 0 Å². The van der Waals surface area contributed by atoms with Crippen molar-refractivity contribution in [2.24, 2.45) is 0 Å². The summed E-state index contributed by atoms with van der Waals surface area (Å²) in [6.45, 7) is 58.2. The first-order valence-electron chi connectivity index (χ1n) is 35.8. The van der Waals surface area contributed by atoms with E-state index in [1.165, 1.54) is 138 Å². The average Bonchev–Trinajstić information content (AvgIpc) is 2.29. The number of aromatic nitrogens is 4. The van der Waals surface area contributed by atoms with Crippen LogP contribution in [-0.2, 0) is 56.5 Å². The summed E-state index contributed by atoms with van der Waals surface area (Å²) in [4.78, 5) is 36.8. The Bertz CT molecular complexity index is 2330. The van der Waals surface area contributed by atoms with Gasteiger partial charge >= 0.3 is 0 Å². The second-order valence-corrected chi connectivity index (χ2v) is 28.5. The molecule has 4 saturated heterocycles. The fourth-order valence-corrected chi connectivity index (χ4v) is 13.7. The molecule has 1 atom stereocenters. The molecule has 4 aromatic rings. The first-order valence-corrected chi connectivity index (χ1v) is 35.8. The van der Waals surface area contributed by atoms with Crippen LogP contribution in [0.4, 0.5) is 0 Å². The van der Waals surface area contributed by atoms with Crippen LogP contribution in [0.15, 0.2) is 67.5 Å². The van der Waals surface area contributed by atoms with Crippen molar-refractivity contribution in [1.29, 1.82) is 0 Å². The average molecular weight is 1230 g/mol. The molecule has 13 rings (SSSR count). The van der Waals surface area contributed by atoms with E-state index >= 15 is 0 Å². The number of hydrogen-bond donors (Lipinski definition) is 1. The third kappa shape index (κ3) is 24.9. The van der Waals surface area contributed by atoms with Crippen molar-refractivity contribution in [3.8, 4) is 0 Å². The zero-order chi connectivity index (χ0) is 64.2. The molecule has 89 heavy (non-hydrogen) atoms. The summed E-state index contributed by atoms with van der Waals surface area (Å²) in [5.41, 5.74) is 13.0. The predicted molar refractivity (Wildman–Crippen MR) is 375 cm³/mol. The highest BCUT2D eigenvalue weighted by Gasteiger charge is 2.34. The zero-order valence-electron chi connectivity index (χ0n) is 59.5. The first kappa shape index (κ1) is 74.2. The molecule has 4 fully saturated rings. The molecule has 2 aromatic carbocycles. The lowest BCUT2D eigenvalue weighted by molar-refractivity contribution is 0.0238. The Labute approximate surface area is 544 Å². The second-order valence-electron chi connectivity index (χ2n) is 28.5. The van der Waals surface area contributed by atoms with E-state index in [1.807, 2.05) is 12.4 Å². The van der Waals surface area contributed by atoms with Crippen molar-refractivity contribution in [3.05, 3.63) is 118 Å². The van der Waals surface area contributed by atoms with Crippen LogP contribution in [-0.4, -0.2) is 212 Å². The summed E-state index contributed by atoms with van der Waals surface area (Å²) < 4.78 is 5.21. The fourth-order valence-electron chi connectivity index (χ4n) is 13.7. The van der Waals surface area contributed by atoms with Gasteiger partial charge in [0.1, 0.15) is 12.7 Å². The largest absolute Gasteiger partial charge is 0.379 e. The molecular weight excluding hydrogens is 1100 g/mol. The van der Waals surface area contributed by atoms with E-state index in [-0.39, 0.29) is 0 Å². The standard InChI is InChI=1S/C14H19N.C12H17N.2C10H15N3.C8H17N.C7H16N2.C7H15NO.C7H15N/c1-10(2)15-9-8-12-5-3-4-11-6-7-13(15)14(11)12;1-10(2)13-8-7-11-5-3-4-6-12(11)9-13;1-8(2)13-4-3-10-9(6-13)5-11-7-12-10;1-8(2)13-4-3-9-5-11-7-12-10(9)6-13;1-8(2)9-6-4-3-5-7-9;1-7(2)9-5-3-8-4-6-9;1-7(2)8-3-5-9-6-4-8;1-7(2)8-5-3-4-6-8/h3-5,10,13H,6-9H2,1-2H3;3-6,10H,7-9H2,1-2H3;2*5,7-8H,3-4,6H2,1-2H3;8H,3-7H2,1-2H3;7-8H,3-6H2,1-2H3;7H,3-6H2,1-2H3;7H,3-6H2,1-2H3. The SMILES string of the molecule is CC(C)N1CCCC1.CC(C)N1CCCCC1.CC(C)N1CCNCC1.CC(C)N1CCOCC1.CC(C)N1CCc2cccc3c2C1CC3.CC(C)N1CCc2ccccc2C1.CC(C)N1CCc2cncnc2C1.CC(C)N1CCc2ncncc2C1. The van der Waals surface area contributed by atoms with Gasteiger partial charge in [-0.25, -0.2) is 19.9 Å². The Kier molecular flexibility index (Phi) is 33.1. The minimum absolute atomic E-state index is 0.614. The van der Waals surface area contributed by atoms with Gasteiger partial charge in [-0.15, -0.1) is 0 Å². The highest BCUT2D eigenvalue weighted by atomic mass is 16.5. The van der Waals surface area contributed by atoms with E-state index in [4.69, 9.17) is 4.74 Å². The Balaban J connectivity index is 0.000000164. The van der Waals surface area contributed by atoms with Crippen molar-refractivity contribution in [3.63, 3.8) is 0 Å². The maximum Gasteiger partial charge on any atom is 0.115 e. The van der Waals surface area contributed by atoms with Gasteiger partial charge in [0, 0.05) is 170 Å². The Morgan fingerprint density at radius 3 is 1.31 bits per heavy atom. The summed E-state index contributed by atoms with van der Waals surface area (Å²) in [7, 11) is 0. The highest BCUT2D eigenvalue weighted by molar-refractivity contribution is 5.43. The number of likely N-dealkylation sites (tertiary alicyclic amines) is 2. The Morgan fingerprint density at radius 2 is 0.798 bits per heavy atom. The lowest BCUT2D eigenvalue weighted by atomic mass is 9.92. The van der Waals surface area contributed by atoms with Crippen LogP contribution in [0.3, 0.4) is 0 Å². The summed E-state index contributed by atoms with van der Waals surface area (Å²) in [5, 5.41) is 3.33. The number of rotatable bonds is 8. The van der Waals surface area contributed by atoms with Gasteiger partial charge in [-0.2, -0.15) is 0 Å². The van der Waals surface area contributed by atoms with E-state index in [0.717, 1.165) is 109 Å². The number of piperidine rings is 1. The minimum atomic E-state index is 0.614. The number of morpholine rings is 1. The highest BCUT2D eigenvalue weighted by Crippen LogP contribution is 2.42. The normalized spacial score (nSPS) is 20.8. The summed E-state index contributed by atoms with van der Waals surface area (Å²) >= 11 is 0. The molecule has 0 bridgehead atoms. The van der Waals surface area contributed by atoms with Crippen LogP contribution in [0.25, 0.3) is 0 Å². The van der Waals surface area contributed by atoms with E-state index in [2.05, 4.69) is 218 Å². The molecule has 9 aliphatic rings. The number of fused-ring (bicyclic) bond motifs is 3. The minimum Gasteiger partial charge on any atom is -0.379 e. The number of aryl methyl sites for hydroxylation is 1. The van der Waals surface area contributed by atoms with Crippen molar-refractivity contribution in [2.45, 2.75) is 255 Å². The van der Waals surface area contributed by atoms with E-state index in [9.17, 15) is 0 Å². The van der Waals surface area contributed by atoms with Crippen molar-refractivity contribution in [2.75, 3.05) is 105 Å². The van der Waals surface area contributed by atoms with Gasteiger partial charge in [-0.3, -0.25) is 29.4 Å². The number of hydrogen-bond acceptors (Lipinski definition) is 14. The smallest absolute Gasteiger partial charge is 0.115 e. The maximum absolute atomic E-state index is 5.21. The second kappa shape index (κ2) is 39.7. The lowest BCUT2D eigenvalue weighted by Crippen LogP contribution is -2.46. The molecule has 14 heteroatoms. The molecule has 1 aliphatic carbocycles. The number of nitrogens with zero attached hydrogens (tertiary/aromatic N) is 12. The third-order valence-corrected chi connectivity index (χ3v) is 19.8. The van der Waals surface area contributed by atoms with Crippen LogP contribution < -0.4 is 5.32 Å². The first-order chi connectivity index (χ1) is 42.8. The number of benzene rings is 2. The molecule has 0 saturated carbocycles. The fraction of sp³-hybridized carbons (Fsp3) is 0.733. The molecule has 0 radical (unpaired) electrons. The van der Waals surface area contributed by atoms with Crippen LogP contribution in [0.5, 0.6) is 0 Å². The van der Waals surface area contributed by atoms with Crippen molar-refractivity contribution >= 4 is 0 Å². The summed E-state index contributed by atoms with van der Waals surface area (Å²) in [6.07, 6.45) is 21.5. The van der Waals surface area contributed by atoms with E-state index < -0.39 is 0 Å². The van der Waals surface area contributed by atoms with Gasteiger partial charge in [-0.05, 0) is 228 Å². The number of nitrogens with one attached hydrogen (secondary N) is 1. The van der Waals surface area contributed by atoms with Gasteiger partial charge in [0.15, 0.2) is 0 Å². The topological polar surface area (TPSA) is 98.7 Å². The lowest BCUT2D eigenvalue weighted by Gasteiger charge is -2.38. The monoisotopic (exact) mass is 1230 g/mol. The van der Waals surface area contributed by atoms with E-state index in [0.29, 0.717) is 30.2 Å². The van der Waals surface area contributed by atoms with Crippen LogP contribution in [0.1, 0.15) is 206 Å². The predicted octanol–water partition coefficient (Wildman–Crippen LogP) is 12.3. The molecule has 0 amide bonds. The Hall–Kier alpha value is -3.80. The van der Waals surface area contributed by atoms with Crippen LogP contribution >= 0.6 is 0 Å². The van der Waals surface area contributed by atoms with Gasteiger partial charge in [0.2, 0.25) is 0 Å².